The Morgan fingerprint density at radius 2 is 1.83 bits per heavy atom. The van der Waals surface area contributed by atoms with Crippen LogP contribution in [0.1, 0.15) is 36.8 Å². The van der Waals surface area contributed by atoms with Gasteiger partial charge in [-0.15, -0.1) is 0 Å². The van der Waals surface area contributed by atoms with Crippen molar-refractivity contribution in [2.75, 3.05) is 13.6 Å². The molecule has 3 rings (SSSR count). The van der Waals surface area contributed by atoms with E-state index in [0.717, 1.165) is 24.1 Å². The van der Waals surface area contributed by atoms with Gasteiger partial charge in [0, 0.05) is 17.5 Å². The van der Waals surface area contributed by atoms with Crippen molar-refractivity contribution in [2.45, 2.75) is 37.3 Å². The number of piperidine rings is 1. The Morgan fingerprint density at radius 3 is 2.52 bits per heavy atom. The van der Waals surface area contributed by atoms with Gasteiger partial charge in [-0.2, -0.15) is 0 Å². The van der Waals surface area contributed by atoms with E-state index >= 15 is 0 Å². The summed E-state index contributed by atoms with van der Waals surface area (Å²) in [5, 5.41) is 12.3. The number of aliphatic hydroxyl groups is 1. The van der Waals surface area contributed by atoms with Gasteiger partial charge >= 0.3 is 0 Å². The number of nitrogens with zero attached hydrogens (tertiary/aromatic N) is 1. The smallest absolute Gasteiger partial charge is 0.116 e. The summed E-state index contributed by atoms with van der Waals surface area (Å²) in [4.78, 5) is 2.38. The number of halogens is 1. The zero-order chi connectivity index (χ0) is 16.3. The first kappa shape index (κ1) is 16.5. The van der Waals surface area contributed by atoms with Gasteiger partial charge in [-0.1, -0.05) is 60.5 Å². The molecule has 2 atom stereocenters. The third-order valence-electron chi connectivity index (χ3n) is 5.01. The van der Waals surface area contributed by atoms with Crippen LogP contribution >= 0.6 is 11.6 Å². The topological polar surface area (TPSA) is 23.5 Å². The van der Waals surface area contributed by atoms with Gasteiger partial charge in [0.05, 0.1) is 0 Å². The fourth-order valence-electron chi connectivity index (χ4n) is 3.61. The van der Waals surface area contributed by atoms with Crippen LogP contribution in [0.25, 0.3) is 0 Å². The lowest BCUT2D eigenvalue weighted by atomic mass is 9.79. The van der Waals surface area contributed by atoms with Gasteiger partial charge in [0.1, 0.15) is 5.60 Å². The van der Waals surface area contributed by atoms with E-state index in [1.54, 1.807) is 0 Å². The fraction of sp³-hybridized carbons (Fsp3) is 0.400. The van der Waals surface area contributed by atoms with Crippen molar-refractivity contribution in [3.63, 3.8) is 0 Å². The Morgan fingerprint density at radius 1 is 1.09 bits per heavy atom. The van der Waals surface area contributed by atoms with Crippen LogP contribution in [0.3, 0.4) is 0 Å². The average molecular weight is 330 g/mol. The molecule has 23 heavy (non-hydrogen) atoms. The van der Waals surface area contributed by atoms with Gasteiger partial charge in [0.25, 0.3) is 0 Å². The Hall–Kier alpha value is -1.35. The molecule has 0 spiro atoms. The molecular formula is C20H24ClNO. The van der Waals surface area contributed by atoms with Crippen molar-refractivity contribution in [3.8, 4) is 0 Å². The molecule has 3 heteroatoms. The maximum atomic E-state index is 11.7. The summed E-state index contributed by atoms with van der Waals surface area (Å²) in [6.45, 7) is 1.10. The first-order valence-corrected chi connectivity index (χ1v) is 8.71. The molecule has 0 amide bonds. The highest BCUT2D eigenvalue weighted by atomic mass is 35.5. The number of likely N-dealkylation sites (tertiary alicyclic amines) is 1. The summed E-state index contributed by atoms with van der Waals surface area (Å²) in [5.74, 6) is 0. The number of hydrogen-bond donors (Lipinski definition) is 1. The van der Waals surface area contributed by atoms with Crippen LogP contribution in [0.5, 0.6) is 0 Å². The molecular weight excluding hydrogens is 306 g/mol. The molecule has 1 aliphatic heterocycles. The van der Waals surface area contributed by atoms with Crippen molar-refractivity contribution in [2.24, 2.45) is 0 Å². The molecule has 1 heterocycles. The predicted octanol–water partition coefficient (Wildman–Crippen LogP) is 4.45. The van der Waals surface area contributed by atoms with Crippen molar-refractivity contribution >= 4 is 11.6 Å². The highest BCUT2D eigenvalue weighted by Gasteiger charge is 2.36. The first-order chi connectivity index (χ1) is 11.1. The zero-order valence-electron chi connectivity index (χ0n) is 13.6. The van der Waals surface area contributed by atoms with Crippen molar-refractivity contribution < 1.29 is 5.11 Å². The molecule has 1 aliphatic rings. The molecule has 0 saturated carbocycles. The second-order valence-electron chi connectivity index (χ2n) is 6.57. The molecule has 122 valence electrons. The molecule has 0 aliphatic carbocycles. The Bertz CT molecular complexity index is 645. The molecule has 0 radical (unpaired) electrons. The molecule has 0 aromatic heterocycles. The van der Waals surface area contributed by atoms with Crippen LogP contribution in [0, 0.1) is 0 Å². The quantitative estimate of drug-likeness (QED) is 0.895. The molecule has 2 aromatic rings. The minimum atomic E-state index is -1.01. The lowest BCUT2D eigenvalue weighted by molar-refractivity contribution is 0.0285. The molecule has 1 saturated heterocycles. The second-order valence-corrected chi connectivity index (χ2v) is 7.01. The fourth-order valence-corrected chi connectivity index (χ4v) is 3.80. The van der Waals surface area contributed by atoms with Crippen LogP contribution in [0.4, 0.5) is 0 Å². The SMILES string of the molecule is CN1CCCCC1CC(O)(c1ccccc1)c1cccc(Cl)c1. The maximum absolute atomic E-state index is 11.7. The lowest BCUT2D eigenvalue weighted by Crippen LogP contribution is -2.42. The van der Waals surface area contributed by atoms with Crippen LogP contribution < -0.4 is 0 Å². The van der Waals surface area contributed by atoms with Gasteiger partial charge in [-0.3, -0.25) is 0 Å². The molecule has 2 unspecified atom stereocenters. The molecule has 0 bridgehead atoms. The van der Waals surface area contributed by atoms with Crippen LogP contribution in [0.2, 0.25) is 5.02 Å². The van der Waals surface area contributed by atoms with Crippen molar-refractivity contribution in [1.82, 2.24) is 4.90 Å². The zero-order valence-corrected chi connectivity index (χ0v) is 14.3. The summed E-state index contributed by atoms with van der Waals surface area (Å²) in [6.07, 6.45) is 4.30. The molecule has 2 nitrogen and oxygen atoms in total. The van der Waals surface area contributed by atoms with Crippen LogP contribution in [-0.4, -0.2) is 29.6 Å². The molecule has 1 fully saturated rings. The van der Waals surface area contributed by atoms with Gasteiger partial charge in [0.2, 0.25) is 0 Å². The van der Waals surface area contributed by atoms with E-state index in [2.05, 4.69) is 11.9 Å². The minimum Gasteiger partial charge on any atom is -0.380 e. The van der Waals surface area contributed by atoms with Gasteiger partial charge in [-0.25, -0.2) is 0 Å². The third kappa shape index (κ3) is 3.60. The van der Waals surface area contributed by atoms with E-state index < -0.39 is 5.60 Å². The summed E-state index contributed by atoms with van der Waals surface area (Å²) >= 11 is 6.19. The van der Waals surface area contributed by atoms with Gasteiger partial charge in [-0.05, 0) is 49.7 Å². The van der Waals surface area contributed by atoms with Crippen molar-refractivity contribution in [1.29, 1.82) is 0 Å². The normalized spacial score (nSPS) is 21.8. The van der Waals surface area contributed by atoms with Gasteiger partial charge < -0.3 is 10.0 Å². The Balaban J connectivity index is 1.99. The standard InChI is InChI=1S/C20H24ClNO/c1-22-13-6-5-12-19(22)15-20(23,16-8-3-2-4-9-16)17-10-7-11-18(21)14-17/h2-4,7-11,14,19,23H,5-6,12-13,15H2,1H3. The highest BCUT2D eigenvalue weighted by Crippen LogP contribution is 2.37. The van der Waals surface area contributed by atoms with Crippen LogP contribution in [0.15, 0.2) is 54.6 Å². The van der Waals surface area contributed by atoms with E-state index in [-0.39, 0.29) is 0 Å². The second kappa shape index (κ2) is 7.04. The van der Waals surface area contributed by atoms with E-state index in [4.69, 9.17) is 11.6 Å². The molecule has 1 N–H and O–H groups in total. The summed E-state index contributed by atoms with van der Waals surface area (Å²) in [7, 11) is 2.16. The minimum absolute atomic E-state index is 0.382. The number of rotatable bonds is 4. The molecule has 2 aromatic carbocycles. The first-order valence-electron chi connectivity index (χ1n) is 8.34. The highest BCUT2D eigenvalue weighted by molar-refractivity contribution is 6.30. The van der Waals surface area contributed by atoms with Crippen LogP contribution in [-0.2, 0) is 5.60 Å². The monoisotopic (exact) mass is 329 g/mol. The van der Waals surface area contributed by atoms with E-state index in [1.165, 1.54) is 12.8 Å². The summed E-state index contributed by atoms with van der Waals surface area (Å²) in [5.41, 5.74) is 0.791. The summed E-state index contributed by atoms with van der Waals surface area (Å²) in [6, 6.07) is 18.0. The number of hydrogen-bond acceptors (Lipinski definition) is 2. The number of benzene rings is 2. The van der Waals surface area contributed by atoms with E-state index in [1.807, 2.05) is 54.6 Å². The third-order valence-corrected chi connectivity index (χ3v) is 5.24. The summed E-state index contributed by atoms with van der Waals surface area (Å²) < 4.78 is 0. The Kier molecular flexibility index (Phi) is 5.05. The predicted molar refractivity (Wildman–Crippen MR) is 95.8 cm³/mol. The van der Waals surface area contributed by atoms with Gasteiger partial charge in [0.15, 0.2) is 0 Å². The van der Waals surface area contributed by atoms with E-state index in [0.29, 0.717) is 17.5 Å². The van der Waals surface area contributed by atoms with E-state index in [9.17, 15) is 5.11 Å². The average Bonchev–Trinajstić information content (AvgIpc) is 2.58. The lowest BCUT2D eigenvalue weighted by Gasteiger charge is -2.39. The largest absolute Gasteiger partial charge is 0.380 e. The maximum Gasteiger partial charge on any atom is 0.116 e. The van der Waals surface area contributed by atoms with Crippen molar-refractivity contribution in [3.05, 3.63) is 70.7 Å². The Labute approximate surface area is 143 Å².